The molecule has 1 aromatic carbocycles. The van der Waals surface area contributed by atoms with Gasteiger partial charge in [-0.2, -0.15) is 18.0 Å². The summed E-state index contributed by atoms with van der Waals surface area (Å²) in [5.74, 6) is -0.517. The van der Waals surface area contributed by atoms with Crippen molar-refractivity contribution in [1.82, 2.24) is 9.03 Å². The lowest BCUT2D eigenvalue weighted by molar-refractivity contribution is -0.125. The number of piperidine rings is 1. The smallest absolute Gasteiger partial charge is 0.303 e. The number of hydrogen-bond donors (Lipinski definition) is 1. The van der Waals surface area contributed by atoms with Crippen molar-refractivity contribution < 1.29 is 17.9 Å². The molecule has 1 heterocycles. The largest absolute Gasteiger partial charge is 0.479 e. The highest BCUT2D eigenvalue weighted by atomic mass is 32.2. The van der Waals surface area contributed by atoms with Crippen LogP contribution in [0.15, 0.2) is 24.3 Å². The van der Waals surface area contributed by atoms with E-state index in [4.69, 9.17) is 10.00 Å². The van der Waals surface area contributed by atoms with Crippen LogP contribution >= 0.6 is 0 Å². The molecule has 124 valence electrons. The van der Waals surface area contributed by atoms with Crippen molar-refractivity contribution >= 4 is 16.1 Å². The predicted molar refractivity (Wildman–Crippen MR) is 83.7 cm³/mol. The van der Waals surface area contributed by atoms with Gasteiger partial charge >= 0.3 is 10.2 Å². The summed E-state index contributed by atoms with van der Waals surface area (Å²) < 4.78 is 33.0. The van der Waals surface area contributed by atoms with Crippen LogP contribution in [0.3, 0.4) is 0 Å². The van der Waals surface area contributed by atoms with Crippen LogP contribution in [0.25, 0.3) is 0 Å². The Morgan fingerprint density at radius 2 is 1.96 bits per heavy atom. The van der Waals surface area contributed by atoms with Crippen molar-refractivity contribution in [3.05, 3.63) is 29.8 Å². The number of para-hydroxylation sites is 1. The van der Waals surface area contributed by atoms with E-state index in [9.17, 15) is 13.2 Å². The zero-order valence-electron chi connectivity index (χ0n) is 12.9. The normalized spacial score (nSPS) is 17.0. The van der Waals surface area contributed by atoms with Gasteiger partial charge in [0.2, 0.25) is 0 Å². The Bertz CT molecular complexity index is 706. The molecular weight excluding hydrogens is 318 g/mol. The van der Waals surface area contributed by atoms with E-state index in [-0.39, 0.29) is 11.3 Å². The minimum Gasteiger partial charge on any atom is -0.479 e. The summed E-state index contributed by atoms with van der Waals surface area (Å²) in [6.07, 6.45) is 1.53. The monoisotopic (exact) mass is 337 g/mol. The van der Waals surface area contributed by atoms with Crippen LogP contribution in [0.4, 0.5) is 0 Å². The van der Waals surface area contributed by atoms with Crippen molar-refractivity contribution in [2.75, 3.05) is 13.1 Å². The molecule has 0 radical (unpaired) electrons. The van der Waals surface area contributed by atoms with E-state index in [1.54, 1.807) is 24.3 Å². The third kappa shape index (κ3) is 4.43. The molecule has 0 saturated carbocycles. The van der Waals surface area contributed by atoms with Gasteiger partial charge < -0.3 is 4.74 Å². The summed E-state index contributed by atoms with van der Waals surface area (Å²) in [5.41, 5.74) is 0.283. The van der Waals surface area contributed by atoms with Gasteiger partial charge in [-0.1, -0.05) is 18.6 Å². The molecule has 1 saturated heterocycles. The third-order valence-corrected chi connectivity index (χ3v) is 5.07. The number of nitrogens with zero attached hydrogens (tertiary/aromatic N) is 2. The Balaban J connectivity index is 2.01. The highest BCUT2D eigenvalue weighted by molar-refractivity contribution is 7.87. The number of nitrogens with one attached hydrogen (secondary N) is 1. The number of hydrogen-bond acceptors (Lipinski definition) is 5. The maximum absolute atomic E-state index is 12.2. The van der Waals surface area contributed by atoms with Crippen LogP contribution in [0.1, 0.15) is 31.7 Å². The highest BCUT2D eigenvalue weighted by Crippen LogP contribution is 2.18. The second-order valence-electron chi connectivity index (χ2n) is 5.30. The maximum atomic E-state index is 12.2. The van der Waals surface area contributed by atoms with Gasteiger partial charge in [0.05, 0.1) is 5.56 Å². The summed E-state index contributed by atoms with van der Waals surface area (Å²) in [6.45, 7) is 2.26. The Hall–Kier alpha value is -2.11. The molecule has 0 unspecified atom stereocenters. The van der Waals surface area contributed by atoms with E-state index in [2.05, 4.69) is 0 Å². The maximum Gasteiger partial charge on any atom is 0.303 e. The van der Waals surface area contributed by atoms with Crippen LogP contribution in [0.2, 0.25) is 0 Å². The van der Waals surface area contributed by atoms with Crippen molar-refractivity contribution in [3.63, 3.8) is 0 Å². The van der Waals surface area contributed by atoms with Gasteiger partial charge in [0.25, 0.3) is 5.91 Å². The average Bonchev–Trinajstić information content (AvgIpc) is 2.55. The fourth-order valence-corrected chi connectivity index (χ4v) is 3.57. The number of benzene rings is 1. The fourth-order valence-electron chi connectivity index (χ4n) is 2.29. The van der Waals surface area contributed by atoms with Gasteiger partial charge in [-0.25, -0.2) is 4.72 Å². The van der Waals surface area contributed by atoms with E-state index in [1.807, 2.05) is 10.8 Å². The zero-order valence-corrected chi connectivity index (χ0v) is 13.7. The third-order valence-electron chi connectivity index (χ3n) is 3.56. The molecule has 0 spiro atoms. The second-order valence-corrected chi connectivity index (χ2v) is 6.97. The first-order valence-corrected chi connectivity index (χ1v) is 8.85. The first-order chi connectivity index (χ1) is 10.9. The summed E-state index contributed by atoms with van der Waals surface area (Å²) in [5, 5.41) is 8.99. The van der Waals surface area contributed by atoms with Crippen LogP contribution in [-0.4, -0.2) is 37.8 Å². The topological polar surface area (TPSA) is 99.5 Å². The van der Waals surface area contributed by atoms with Crippen molar-refractivity contribution in [2.45, 2.75) is 32.3 Å². The van der Waals surface area contributed by atoms with Crippen molar-refractivity contribution in [1.29, 1.82) is 5.26 Å². The molecule has 1 aliphatic rings. The zero-order chi connectivity index (χ0) is 16.9. The molecule has 7 nitrogen and oxygen atoms in total. The molecule has 8 heteroatoms. The molecule has 1 fully saturated rings. The molecular formula is C15H19N3O4S. The van der Waals surface area contributed by atoms with E-state index < -0.39 is 22.2 Å². The molecule has 2 rings (SSSR count). The lowest BCUT2D eigenvalue weighted by Crippen LogP contribution is -2.49. The van der Waals surface area contributed by atoms with Crippen molar-refractivity contribution in [3.8, 4) is 11.8 Å². The van der Waals surface area contributed by atoms with Crippen LogP contribution in [0, 0.1) is 11.3 Å². The molecule has 0 aromatic heterocycles. The second kappa shape index (κ2) is 7.44. The Kier molecular flexibility index (Phi) is 5.58. The Morgan fingerprint density at radius 1 is 1.30 bits per heavy atom. The highest BCUT2D eigenvalue weighted by Gasteiger charge is 2.28. The molecule has 0 aliphatic carbocycles. The number of ether oxygens (including phenoxy) is 1. The van der Waals surface area contributed by atoms with Gasteiger partial charge in [-0.15, -0.1) is 0 Å². The number of carbonyl (C=O) groups excluding carboxylic acids is 1. The Labute approximate surface area is 136 Å². The number of amides is 1. The summed E-state index contributed by atoms with van der Waals surface area (Å²) in [4.78, 5) is 12.1. The van der Waals surface area contributed by atoms with Crippen LogP contribution < -0.4 is 9.46 Å². The van der Waals surface area contributed by atoms with Gasteiger partial charge in [-0.05, 0) is 31.9 Å². The van der Waals surface area contributed by atoms with E-state index in [1.165, 1.54) is 11.2 Å². The van der Waals surface area contributed by atoms with Crippen molar-refractivity contribution in [2.24, 2.45) is 0 Å². The fraction of sp³-hybridized carbons (Fsp3) is 0.467. The first-order valence-electron chi connectivity index (χ1n) is 7.41. The SMILES string of the molecule is C[C@@H](Oc1ccccc1C#N)C(=O)NS(=O)(=O)N1CCCCC1. The number of rotatable bonds is 5. The number of carbonyl (C=O) groups is 1. The predicted octanol–water partition coefficient (Wildman–Crippen LogP) is 1.17. The molecule has 1 aliphatic heterocycles. The quantitative estimate of drug-likeness (QED) is 0.869. The molecule has 1 amide bonds. The van der Waals surface area contributed by atoms with Gasteiger partial charge in [0.15, 0.2) is 6.10 Å². The molecule has 0 bridgehead atoms. The molecule has 23 heavy (non-hydrogen) atoms. The summed E-state index contributed by atoms with van der Waals surface area (Å²) in [6, 6.07) is 8.42. The molecule has 1 aromatic rings. The van der Waals surface area contributed by atoms with Crippen LogP contribution in [0.5, 0.6) is 5.75 Å². The minimum absolute atomic E-state index is 0.244. The first kappa shape index (κ1) is 17.2. The van der Waals surface area contributed by atoms with E-state index in [0.29, 0.717) is 13.1 Å². The summed E-state index contributed by atoms with van der Waals surface area (Å²) >= 11 is 0. The minimum atomic E-state index is -3.85. The Morgan fingerprint density at radius 3 is 2.61 bits per heavy atom. The summed E-state index contributed by atoms with van der Waals surface area (Å²) in [7, 11) is -3.85. The van der Waals surface area contributed by atoms with Gasteiger partial charge in [-0.3, -0.25) is 4.79 Å². The average molecular weight is 337 g/mol. The van der Waals surface area contributed by atoms with E-state index in [0.717, 1.165) is 19.3 Å². The van der Waals surface area contributed by atoms with Gasteiger partial charge in [0.1, 0.15) is 11.8 Å². The van der Waals surface area contributed by atoms with E-state index >= 15 is 0 Å². The molecule has 1 atom stereocenters. The lowest BCUT2D eigenvalue weighted by Gasteiger charge is -2.26. The number of nitriles is 1. The standard InChI is InChI=1S/C15H19N3O4S/c1-12(22-14-8-4-3-7-13(14)11-16)15(19)17-23(20,21)18-9-5-2-6-10-18/h3-4,7-8,12H,2,5-6,9-10H2,1H3,(H,17,19)/t12-/m1/s1. The van der Waals surface area contributed by atoms with Crippen LogP contribution in [-0.2, 0) is 15.0 Å². The lowest BCUT2D eigenvalue weighted by atomic mass is 10.2. The molecule has 1 N–H and O–H groups in total. The van der Waals surface area contributed by atoms with Gasteiger partial charge in [0, 0.05) is 13.1 Å².